The Hall–Kier alpha value is -3.65. The molecule has 158 valence electrons. The molecule has 8 heteroatoms. The highest BCUT2D eigenvalue weighted by molar-refractivity contribution is 5.62. The van der Waals surface area contributed by atoms with E-state index < -0.39 is 0 Å². The van der Waals surface area contributed by atoms with Crippen LogP contribution >= 0.6 is 0 Å². The molecule has 0 radical (unpaired) electrons. The fourth-order valence-corrected chi connectivity index (χ4v) is 3.63. The van der Waals surface area contributed by atoms with E-state index in [1.807, 2.05) is 54.1 Å². The second kappa shape index (κ2) is 8.23. The molecule has 8 nitrogen and oxygen atoms in total. The van der Waals surface area contributed by atoms with E-state index in [-0.39, 0.29) is 6.10 Å². The lowest BCUT2D eigenvalue weighted by Gasteiger charge is -2.24. The van der Waals surface area contributed by atoms with Crippen LogP contribution in [0.25, 0.3) is 23.0 Å². The molecule has 0 unspecified atom stereocenters. The summed E-state index contributed by atoms with van der Waals surface area (Å²) in [6.45, 7) is 3.56. The quantitative estimate of drug-likeness (QED) is 0.462. The van der Waals surface area contributed by atoms with Crippen molar-refractivity contribution in [2.24, 2.45) is 0 Å². The van der Waals surface area contributed by atoms with Gasteiger partial charge in [0.1, 0.15) is 6.10 Å². The van der Waals surface area contributed by atoms with Crippen LogP contribution in [-0.4, -0.2) is 33.6 Å². The van der Waals surface area contributed by atoms with Crippen LogP contribution in [0.3, 0.4) is 0 Å². The zero-order valence-corrected chi connectivity index (χ0v) is 17.3. The molecular formula is C23H22N4O4. The average molecular weight is 418 g/mol. The molecular weight excluding hydrogens is 396 g/mol. The number of benzene rings is 2. The van der Waals surface area contributed by atoms with E-state index in [0.717, 1.165) is 16.8 Å². The first-order chi connectivity index (χ1) is 15.2. The number of hydrogen-bond acceptors (Lipinski definition) is 7. The summed E-state index contributed by atoms with van der Waals surface area (Å²) in [5, 5.41) is 8.80. The standard InChI is InChI=1S/C23H22N4O4/c1-3-29-20-11-16(9-10-19(20)28-2)22-24-23(31-26-22)18-12-17-14-30-21(13-27(17)25-18)15-7-5-4-6-8-15/h4-12,21H,3,13-14H2,1-2H3/t21-/m1/s1. The Labute approximate surface area is 179 Å². The predicted molar refractivity (Wildman–Crippen MR) is 113 cm³/mol. The van der Waals surface area contributed by atoms with Crippen molar-refractivity contribution in [3.63, 3.8) is 0 Å². The van der Waals surface area contributed by atoms with Crippen LogP contribution in [0.2, 0.25) is 0 Å². The normalized spacial score (nSPS) is 15.5. The van der Waals surface area contributed by atoms with E-state index in [2.05, 4.69) is 27.4 Å². The molecule has 4 aromatic rings. The lowest BCUT2D eigenvalue weighted by molar-refractivity contribution is -0.00113. The summed E-state index contributed by atoms with van der Waals surface area (Å²) < 4.78 is 24.4. The minimum absolute atomic E-state index is 0.0315. The molecule has 5 rings (SSSR count). The summed E-state index contributed by atoms with van der Waals surface area (Å²) in [7, 11) is 1.61. The number of ether oxygens (including phenoxy) is 3. The summed E-state index contributed by atoms with van der Waals surface area (Å²) in [6, 6.07) is 17.6. The maximum Gasteiger partial charge on any atom is 0.278 e. The third kappa shape index (κ3) is 3.77. The van der Waals surface area contributed by atoms with Crippen LogP contribution in [-0.2, 0) is 17.9 Å². The molecule has 0 bridgehead atoms. The van der Waals surface area contributed by atoms with Gasteiger partial charge >= 0.3 is 0 Å². The third-order valence-electron chi connectivity index (χ3n) is 5.17. The highest BCUT2D eigenvalue weighted by Crippen LogP contribution is 2.33. The van der Waals surface area contributed by atoms with Crippen LogP contribution < -0.4 is 9.47 Å². The molecule has 3 heterocycles. The van der Waals surface area contributed by atoms with Gasteiger partial charge in [-0.1, -0.05) is 35.5 Å². The Balaban J connectivity index is 1.39. The van der Waals surface area contributed by atoms with Crippen LogP contribution in [0.5, 0.6) is 11.5 Å². The first kappa shape index (κ1) is 19.3. The van der Waals surface area contributed by atoms with Crippen molar-refractivity contribution in [1.82, 2.24) is 19.9 Å². The average Bonchev–Trinajstić information content (AvgIpc) is 3.46. The molecule has 1 atom stereocenters. The van der Waals surface area contributed by atoms with Crippen LogP contribution in [0.1, 0.15) is 24.3 Å². The molecule has 0 amide bonds. The molecule has 2 aromatic heterocycles. The van der Waals surface area contributed by atoms with Gasteiger partial charge < -0.3 is 18.7 Å². The summed E-state index contributed by atoms with van der Waals surface area (Å²) in [4.78, 5) is 4.54. The van der Waals surface area contributed by atoms with Gasteiger partial charge in [0.25, 0.3) is 5.89 Å². The first-order valence-electron chi connectivity index (χ1n) is 10.1. The number of methoxy groups -OCH3 is 1. The van der Waals surface area contributed by atoms with Crippen molar-refractivity contribution >= 4 is 0 Å². The fraction of sp³-hybridized carbons (Fsp3) is 0.261. The Bertz CT molecular complexity index is 1190. The zero-order valence-electron chi connectivity index (χ0n) is 17.3. The molecule has 0 saturated heterocycles. The number of rotatable bonds is 6. The summed E-state index contributed by atoms with van der Waals surface area (Å²) in [6.07, 6.45) is -0.0315. The second-order valence-electron chi connectivity index (χ2n) is 7.14. The molecule has 0 fully saturated rings. The Morgan fingerprint density at radius 3 is 2.77 bits per heavy atom. The van der Waals surface area contributed by atoms with E-state index in [4.69, 9.17) is 18.7 Å². The van der Waals surface area contributed by atoms with Crippen molar-refractivity contribution in [3.8, 4) is 34.5 Å². The topological polar surface area (TPSA) is 84.4 Å². The molecule has 0 saturated carbocycles. The van der Waals surface area contributed by atoms with Gasteiger partial charge in [0.2, 0.25) is 5.82 Å². The van der Waals surface area contributed by atoms with Gasteiger partial charge in [-0.05, 0) is 36.8 Å². The third-order valence-corrected chi connectivity index (χ3v) is 5.17. The van der Waals surface area contributed by atoms with Gasteiger partial charge in [-0.25, -0.2) is 0 Å². The van der Waals surface area contributed by atoms with Crippen molar-refractivity contribution in [1.29, 1.82) is 0 Å². The molecule has 31 heavy (non-hydrogen) atoms. The smallest absolute Gasteiger partial charge is 0.278 e. The van der Waals surface area contributed by atoms with E-state index in [1.165, 1.54) is 0 Å². The van der Waals surface area contributed by atoms with E-state index in [9.17, 15) is 0 Å². The zero-order chi connectivity index (χ0) is 21.2. The first-order valence-corrected chi connectivity index (χ1v) is 10.1. The van der Waals surface area contributed by atoms with Gasteiger partial charge in [0.15, 0.2) is 17.2 Å². The highest BCUT2D eigenvalue weighted by Gasteiger charge is 2.24. The molecule has 1 aliphatic heterocycles. The van der Waals surface area contributed by atoms with Crippen molar-refractivity contribution in [2.45, 2.75) is 26.2 Å². The lowest BCUT2D eigenvalue weighted by Crippen LogP contribution is -2.21. The summed E-state index contributed by atoms with van der Waals surface area (Å²) in [5.74, 6) is 2.12. The Morgan fingerprint density at radius 2 is 1.97 bits per heavy atom. The molecule has 0 spiro atoms. The van der Waals surface area contributed by atoms with Gasteiger partial charge in [0.05, 0.1) is 32.6 Å². The minimum Gasteiger partial charge on any atom is -0.493 e. The Kier molecular flexibility index (Phi) is 5.13. The van der Waals surface area contributed by atoms with Gasteiger partial charge in [0, 0.05) is 5.56 Å². The summed E-state index contributed by atoms with van der Waals surface area (Å²) in [5.41, 5.74) is 3.51. The van der Waals surface area contributed by atoms with Crippen LogP contribution in [0.15, 0.2) is 59.1 Å². The SMILES string of the molecule is CCOc1cc(-c2noc(-c3cc4n(n3)C[C@H](c3ccccc3)OC4)n2)ccc1OC. The van der Waals surface area contributed by atoms with E-state index >= 15 is 0 Å². The maximum absolute atomic E-state index is 6.02. The lowest BCUT2D eigenvalue weighted by atomic mass is 10.1. The minimum atomic E-state index is -0.0315. The largest absolute Gasteiger partial charge is 0.493 e. The number of fused-ring (bicyclic) bond motifs is 1. The van der Waals surface area contributed by atoms with Crippen LogP contribution in [0, 0.1) is 0 Å². The van der Waals surface area contributed by atoms with Gasteiger partial charge in [-0.2, -0.15) is 10.1 Å². The number of aromatic nitrogens is 4. The predicted octanol–water partition coefficient (Wildman–Crippen LogP) is 4.28. The molecule has 0 N–H and O–H groups in total. The second-order valence-corrected chi connectivity index (χ2v) is 7.14. The van der Waals surface area contributed by atoms with Crippen LogP contribution in [0.4, 0.5) is 0 Å². The fourth-order valence-electron chi connectivity index (χ4n) is 3.63. The van der Waals surface area contributed by atoms with E-state index in [1.54, 1.807) is 7.11 Å². The highest BCUT2D eigenvalue weighted by atomic mass is 16.5. The number of nitrogens with zero attached hydrogens (tertiary/aromatic N) is 4. The van der Waals surface area contributed by atoms with Gasteiger partial charge in [-0.3, -0.25) is 4.68 Å². The van der Waals surface area contributed by atoms with E-state index in [0.29, 0.717) is 48.7 Å². The molecule has 0 aliphatic carbocycles. The van der Waals surface area contributed by atoms with Crippen molar-refractivity contribution in [3.05, 3.63) is 65.9 Å². The number of hydrogen-bond donors (Lipinski definition) is 0. The Morgan fingerprint density at radius 1 is 1.10 bits per heavy atom. The maximum atomic E-state index is 6.02. The van der Waals surface area contributed by atoms with Crippen molar-refractivity contribution < 1.29 is 18.7 Å². The van der Waals surface area contributed by atoms with Crippen molar-refractivity contribution in [2.75, 3.05) is 13.7 Å². The van der Waals surface area contributed by atoms with Gasteiger partial charge in [-0.15, -0.1) is 0 Å². The molecule has 2 aromatic carbocycles. The molecule has 1 aliphatic rings. The summed E-state index contributed by atoms with van der Waals surface area (Å²) >= 11 is 0. The monoisotopic (exact) mass is 418 g/mol.